The van der Waals surface area contributed by atoms with Crippen molar-refractivity contribution in [3.63, 3.8) is 0 Å². The van der Waals surface area contributed by atoms with E-state index >= 15 is 0 Å². The second kappa shape index (κ2) is 8.50. The fraction of sp³-hybridized carbons (Fsp3) is 0.292. The van der Waals surface area contributed by atoms with Gasteiger partial charge in [-0.3, -0.25) is 9.78 Å². The summed E-state index contributed by atoms with van der Waals surface area (Å²) in [5.74, 6) is 0.136. The van der Waals surface area contributed by atoms with Gasteiger partial charge in [0.2, 0.25) is 0 Å². The van der Waals surface area contributed by atoms with E-state index in [1.54, 1.807) is 10.9 Å². The van der Waals surface area contributed by atoms with Gasteiger partial charge >= 0.3 is 0 Å². The number of nitrogens with zero attached hydrogens (tertiary/aromatic N) is 3. The van der Waals surface area contributed by atoms with Gasteiger partial charge in [0.15, 0.2) is 5.78 Å². The minimum Gasteiger partial charge on any atom is -0.360 e. The Morgan fingerprint density at radius 3 is 2.67 bits per heavy atom. The predicted octanol–water partition coefficient (Wildman–Crippen LogP) is 4.92. The highest BCUT2D eigenvalue weighted by Crippen LogP contribution is 2.33. The average Bonchev–Trinajstić information content (AvgIpc) is 3.19. The number of carbonyl (C=O) groups is 1. The number of ether oxygens (including phenoxy) is 1. The number of hydrogen-bond donors (Lipinski definition) is 0. The first-order valence-corrected chi connectivity index (χ1v) is 14.0. The molecule has 2 heterocycles. The van der Waals surface area contributed by atoms with Gasteiger partial charge in [-0.1, -0.05) is 50.0 Å². The highest BCUT2D eigenvalue weighted by molar-refractivity contribution is 6.76. The van der Waals surface area contributed by atoms with E-state index in [9.17, 15) is 4.79 Å². The molecule has 2 aromatic heterocycles. The van der Waals surface area contributed by atoms with Crippen LogP contribution in [-0.2, 0) is 22.7 Å². The maximum atomic E-state index is 12.7. The van der Waals surface area contributed by atoms with Crippen LogP contribution in [0.5, 0.6) is 0 Å². The van der Waals surface area contributed by atoms with Crippen molar-refractivity contribution in [3.05, 3.63) is 71.7 Å². The van der Waals surface area contributed by atoms with Crippen LogP contribution in [0.4, 0.5) is 0 Å². The molecule has 1 aromatic carbocycles. The van der Waals surface area contributed by atoms with Crippen molar-refractivity contribution < 1.29 is 9.53 Å². The van der Waals surface area contributed by atoms with Crippen LogP contribution in [0.2, 0.25) is 25.7 Å². The van der Waals surface area contributed by atoms with Crippen LogP contribution in [0, 0.1) is 0 Å². The van der Waals surface area contributed by atoms with E-state index in [0.29, 0.717) is 13.2 Å². The normalized spacial score (nSPS) is 13.8. The van der Waals surface area contributed by atoms with E-state index in [2.05, 4.69) is 29.7 Å². The van der Waals surface area contributed by atoms with Crippen LogP contribution in [0.1, 0.15) is 16.7 Å². The summed E-state index contributed by atoms with van der Waals surface area (Å²) in [6.45, 7) is 8.22. The van der Waals surface area contributed by atoms with Gasteiger partial charge in [-0.15, -0.1) is 0 Å². The lowest BCUT2D eigenvalue weighted by atomic mass is 9.86. The molecule has 1 aliphatic rings. The molecule has 0 atom stereocenters. The molecule has 0 spiro atoms. The quantitative estimate of drug-likeness (QED) is 0.404. The van der Waals surface area contributed by atoms with Gasteiger partial charge in [0.05, 0.1) is 11.9 Å². The summed E-state index contributed by atoms with van der Waals surface area (Å²) in [4.78, 5) is 17.3. The smallest absolute Gasteiger partial charge is 0.167 e. The molecule has 4 rings (SSSR count). The molecule has 0 saturated heterocycles. The summed E-state index contributed by atoms with van der Waals surface area (Å²) < 4.78 is 7.61. The summed E-state index contributed by atoms with van der Waals surface area (Å²) in [6, 6.07) is 12.9. The standard InChI is InChI=1S/C24H27N3O2Si/c1-30(2,3)12-11-29-17-27-16-20(15-26-27)24-22-14-21(18-7-5-4-6-8-18)23(28)13-19(22)9-10-25-24/h4-10,14-16H,11-13,17H2,1-3H3. The largest absolute Gasteiger partial charge is 0.360 e. The van der Waals surface area contributed by atoms with Crippen LogP contribution in [-0.4, -0.2) is 35.2 Å². The monoisotopic (exact) mass is 417 g/mol. The summed E-state index contributed by atoms with van der Waals surface area (Å²) in [5, 5.41) is 4.44. The minimum atomic E-state index is -1.10. The van der Waals surface area contributed by atoms with Gasteiger partial charge in [-0.2, -0.15) is 5.10 Å². The Morgan fingerprint density at radius 1 is 1.10 bits per heavy atom. The molecule has 6 heteroatoms. The van der Waals surface area contributed by atoms with E-state index in [-0.39, 0.29) is 5.78 Å². The van der Waals surface area contributed by atoms with Gasteiger partial charge < -0.3 is 4.74 Å². The van der Waals surface area contributed by atoms with E-state index in [0.717, 1.165) is 46.2 Å². The molecule has 0 radical (unpaired) electrons. The highest BCUT2D eigenvalue weighted by atomic mass is 28.3. The molecule has 0 N–H and O–H groups in total. The first-order chi connectivity index (χ1) is 14.4. The Hall–Kier alpha value is -2.83. The molecule has 0 amide bonds. The number of aromatic nitrogens is 3. The van der Waals surface area contributed by atoms with Gasteiger partial charge in [-0.05, 0) is 29.3 Å². The molecule has 0 fully saturated rings. The molecular formula is C24H27N3O2Si. The second-order valence-electron chi connectivity index (χ2n) is 8.87. The maximum Gasteiger partial charge on any atom is 0.167 e. The number of Topliss-reactive ketones (excluding diaryl/α,β-unsaturated/α-hetero) is 1. The zero-order valence-corrected chi connectivity index (χ0v) is 18.8. The first-order valence-electron chi connectivity index (χ1n) is 10.3. The molecule has 0 unspecified atom stereocenters. The van der Waals surface area contributed by atoms with Gasteiger partial charge in [0.25, 0.3) is 0 Å². The number of benzene rings is 1. The van der Waals surface area contributed by atoms with E-state index in [1.165, 1.54) is 0 Å². The molecule has 3 aromatic rings. The summed E-state index contributed by atoms with van der Waals surface area (Å²) in [7, 11) is -1.10. The van der Waals surface area contributed by atoms with Gasteiger partial charge in [-0.25, -0.2) is 4.68 Å². The number of pyridine rings is 1. The lowest BCUT2D eigenvalue weighted by molar-refractivity contribution is -0.113. The van der Waals surface area contributed by atoms with E-state index < -0.39 is 8.07 Å². The van der Waals surface area contributed by atoms with Crippen molar-refractivity contribution in [1.82, 2.24) is 14.8 Å². The molecule has 154 valence electrons. The fourth-order valence-electron chi connectivity index (χ4n) is 3.51. The molecule has 0 bridgehead atoms. The zero-order chi connectivity index (χ0) is 21.1. The van der Waals surface area contributed by atoms with Crippen LogP contribution in [0.25, 0.3) is 22.9 Å². The third-order valence-corrected chi connectivity index (χ3v) is 6.94. The lowest BCUT2D eigenvalue weighted by Gasteiger charge is -2.17. The van der Waals surface area contributed by atoms with Crippen LogP contribution in [0.15, 0.2) is 55.0 Å². The zero-order valence-electron chi connectivity index (χ0n) is 17.8. The number of rotatable bonds is 7. The third-order valence-electron chi connectivity index (χ3n) is 5.23. The Labute approximate surface area is 178 Å². The first kappa shape index (κ1) is 20.4. The van der Waals surface area contributed by atoms with Gasteiger partial charge in [0.1, 0.15) is 6.73 Å². The number of hydrogen-bond acceptors (Lipinski definition) is 4. The number of carbonyl (C=O) groups excluding carboxylic acids is 1. The lowest BCUT2D eigenvalue weighted by Crippen LogP contribution is -2.22. The van der Waals surface area contributed by atoms with Crippen molar-refractivity contribution in [1.29, 1.82) is 0 Å². The summed E-state index contributed by atoms with van der Waals surface area (Å²) in [5.41, 5.74) is 5.45. The summed E-state index contributed by atoms with van der Waals surface area (Å²) in [6.07, 6.45) is 7.91. The van der Waals surface area contributed by atoms with Crippen LogP contribution >= 0.6 is 0 Å². The predicted molar refractivity (Wildman–Crippen MR) is 123 cm³/mol. The van der Waals surface area contributed by atoms with Crippen LogP contribution < -0.4 is 0 Å². The number of fused-ring (bicyclic) bond motifs is 1. The molecule has 5 nitrogen and oxygen atoms in total. The SMILES string of the molecule is C[Si](C)(C)CCOCn1cc(-c2nccc3c2C=C(c2ccccc2)C(=O)C3)cn1. The van der Waals surface area contributed by atoms with Crippen molar-refractivity contribution in [2.24, 2.45) is 0 Å². The average molecular weight is 418 g/mol. The Balaban J connectivity index is 1.58. The second-order valence-corrected chi connectivity index (χ2v) is 14.5. The van der Waals surface area contributed by atoms with Gasteiger partial charge in [0, 0.05) is 50.2 Å². The van der Waals surface area contributed by atoms with E-state index in [1.807, 2.05) is 54.9 Å². The molecule has 30 heavy (non-hydrogen) atoms. The van der Waals surface area contributed by atoms with E-state index in [4.69, 9.17) is 4.74 Å². The fourth-order valence-corrected chi connectivity index (χ4v) is 4.26. The molecule has 0 aliphatic heterocycles. The van der Waals surface area contributed by atoms with Crippen molar-refractivity contribution >= 4 is 25.5 Å². The maximum absolute atomic E-state index is 12.7. The van der Waals surface area contributed by atoms with Crippen LogP contribution in [0.3, 0.4) is 0 Å². The molecular weight excluding hydrogens is 390 g/mol. The Morgan fingerprint density at radius 2 is 1.90 bits per heavy atom. The Kier molecular flexibility index (Phi) is 5.79. The number of ketones is 1. The molecule has 1 aliphatic carbocycles. The third kappa shape index (κ3) is 4.66. The minimum absolute atomic E-state index is 0.136. The topological polar surface area (TPSA) is 57.0 Å². The number of allylic oxidation sites excluding steroid dienone is 1. The van der Waals surface area contributed by atoms with Crippen molar-refractivity contribution in [2.45, 2.75) is 38.8 Å². The summed E-state index contributed by atoms with van der Waals surface area (Å²) >= 11 is 0. The Bertz CT molecular complexity index is 1080. The van der Waals surface area contributed by atoms with Crippen molar-refractivity contribution in [3.8, 4) is 11.3 Å². The molecule has 0 saturated carbocycles. The van der Waals surface area contributed by atoms with Crippen molar-refractivity contribution in [2.75, 3.05) is 6.61 Å². The highest BCUT2D eigenvalue weighted by Gasteiger charge is 2.23.